The summed E-state index contributed by atoms with van der Waals surface area (Å²) in [7, 11) is 0. The maximum atomic E-state index is 6.28. The Bertz CT molecular complexity index is 500. The highest BCUT2D eigenvalue weighted by Gasteiger charge is 2.56. The summed E-state index contributed by atoms with van der Waals surface area (Å²) in [5, 5.41) is 4.97. The maximum Gasteiger partial charge on any atom is 0.139 e. The molecule has 0 bridgehead atoms. The summed E-state index contributed by atoms with van der Waals surface area (Å²) in [5.41, 5.74) is 0.292. The lowest BCUT2D eigenvalue weighted by Gasteiger charge is -2.57. The molecule has 0 aromatic heterocycles. The monoisotopic (exact) mass is 327 g/mol. The van der Waals surface area contributed by atoms with Crippen LogP contribution in [0.15, 0.2) is 18.2 Å². The molecular formula is C17H23Cl2NO. The van der Waals surface area contributed by atoms with E-state index in [-0.39, 0.29) is 6.10 Å². The van der Waals surface area contributed by atoms with Gasteiger partial charge in [-0.1, -0.05) is 49.4 Å². The minimum Gasteiger partial charge on any atom is -0.488 e. The Morgan fingerprint density at radius 2 is 2.00 bits per heavy atom. The summed E-state index contributed by atoms with van der Waals surface area (Å²) in [6.45, 7) is 3.20. The SMILES string of the molecule is CCNC1CC(Oc2cc(Cl)ccc2Cl)C12CCCCC2. The Kier molecular flexibility index (Phi) is 4.68. The van der Waals surface area contributed by atoms with E-state index >= 15 is 0 Å². The second-order valence-corrected chi connectivity index (χ2v) is 7.16. The summed E-state index contributed by atoms with van der Waals surface area (Å²) in [5.74, 6) is 0.731. The van der Waals surface area contributed by atoms with Crippen LogP contribution in [0.1, 0.15) is 45.4 Å². The van der Waals surface area contributed by atoms with Gasteiger partial charge in [0.25, 0.3) is 0 Å². The smallest absolute Gasteiger partial charge is 0.139 e. The number of halogens is 2. The van der Waals surface area contributed by atoms with Gasteiger partial charge in [-0.05, 0) is 31.5 Å². The highest BCUT2D eigenvalue weighted by Crippen LogP contribution is 2.53. The van der Waals surface area contributed by atoms with Crippen LogP contribution in [0.3, 0.4) is 0 Å². The fourth-order valence-corrected chi connectivity index (χ4v) is 4.37. The molecule has 2 aliphatic rings. The van der Waals surface area contributed by atoms with Crippen molar-refractivity contribution in [3.05, 3.63) is 28.2 Å². The minimum absolute atomic E-state index is 0.262. The number of nitrogens with one attached hydrogen (secondary N) is 1. The molecule has 2 saturated carbocycles. The molecule has 2 unspecified atom stereocenters. The van der Waals surface area contributed by atoms with Crippen LogP contribution in [0.25, 0.3) is 0 Å². The van der Waals surface area contributed by atoms with Gasteiger partial charge >= 0.3 is 0 Å². The van der Waals surface area contributed by atoms with Crippen LogP contribution in [0.5, 0.6) is 5.75 Å². The van der Waals surface area contributed by atoms with Crippen molar-refractivity contribution in [1.29, 1.82) is 0 Å². The van der Waals surface area contributed by atoms with Crippen LogP contribution < -0.4 is 10.1 Å². The first-order valence-electron chi connectivity index (χ1n) is 8.01. The second kappa shape index (κ2) is 6.36. The molecule has 3 rings (SSSR count). The lowest BCUT2D eigenvalue weighted by molar-refractivity contribution is -0.102. The van der Waals surface area contributed by atoms with Crippen LogP contribution in [0.2, 0.25) is 10.0 Å². The third kappa shape index (κ3) is 2.91. The molecule has 1 spiro atoms. The van der Waals surface area contributed by atoms with E-state index in [9.17, 15) is 0 Å². The molecule has 0 aliphatic heterocycles. The first-order chi connectivity index (χ1) is 10.2. The van der Waals surface area contributed by atoms with Gasteiger partial charge in [0.05, 0.1) is 5.02 Å². The first kappa shape index (κ1) is 15.5. The Morgan fingerprint density at radius 3 is 2.71 bits per heavy atom. The largest absolute Gasteiger partial charge is 0.488 e. The molecule has 2 aliphatic carbocycles. The van der Waals surface area contributed by atoms with Crippen LogP contribution in [-0.4, -0.2) is 18.7 Å². The van der Waals surface area contributed by atoms with Crippen molar-refractivity contribution in [3.8, 4) is 5.75 Å². The van der Waals surface area contributed by atoms with Crippen LogP contribution in [0.4, 0.5) is 0 Å². The van der Waals surface area contributed by atoms with Gasteiger partial charge in [0, 0.05) is 29.0 Å². The fraction of sp³-hybridized carbons (Fsp3) is 0.647. The summed E-state index contributed by atoms with van der Waals surface area (Å²) in [6.07, 6.45) is 7.82. The Labute approximate surface area is 137 Å². The Balaban J connectivity index is 1.77. The zero-order valence-electron chi connectivity index (χ0n) is 12.5. The van der Waals surface area contributed by atoms with Crippen molar-refractivity contribution in [1.82, 2.24) is 5.32 Å². The topological polar surface area (TPSA) is 21.3 Å². The predicted octanol–water partition coefficient (Wildman–Crippen LogP) is 5.07. The van der Waals surface area contributed by atoms with E-state index in [1.54, 1.807) is 6.07 Å². The van der Waals surface area contributed by atoms with Crippen LogP contribution >= 0.6 is 23.2 Å². The molecule has 1 N–H and O–H groups in total. The molecular weight excluding hydrogens is 305 g/mol. The van der Waals surface area contributed by atoms with Crippen LogP contribution in [-0.2, 0) is 0 Å². The van der Waals surface area contributed by atoms with Gasteiger partial charge in [0.2, 0.25) is 0 Å². The number of benzene rings is 1. The Morgan fingerprint density at radius 1 is 1.24 bits per heavy atom. The average molecular weight is 328 g/mol. The van der Waals surface area contributed by atoms with E-state index in [4.69, 9.17) is 27.9 Å². The maximum absolute atomic E-state index is 6.28. The molecule has 1 aromatic carbocycles. The summed E-state index contributed by atoms with van der Waals surface area (Å²) in [4.78, 5) is 0. The fourth-order valence-electron chi connectivity index (χ4n) is 4.05. The Hall–Kier alpha value is -0.440. The predicted molar refractivity (Wildman–Crippen MR) is 88.5 cm³/mol. The van der Waals surface area contributed by atoms with Gasteiger partial charge in [-0.2, -0.15) is 0 Å². The molecule has 116 valence electrons. The molecule has 2 fully saturated rings. The zero-order valence-corrected chi connectivity index (χ0v) is 14.0. The van der Waals surface area contributed by atoms with Crippen molar-refractivity contribution in [2.45, 2.75) is 57.6 Å². The third-order valence-corrected chi connectivity index (χ3v) is 5.73. The van der Waals surface area contributed by atoms with Gasteiger partial charge in [0.1, 0.15) is 11.9 Å². The van der Waals surface area contributed by atoms with Crippen molar-refractivity contribution >= 4 is 23.2 Å². The minimum atomic E-state index is 0.262. The zero-order chi connectivity index (χ0) is 14.9. The molecule has 1 aromatic rings. The van der Waals surface area contributed by atoms with Gasteiger partial charge in [-0.3, -0.25) is 0 Å². The second-order valence-electron chi connectivity index (χ2n) is 6.32. The number of ether oxygens (including phenoxy) is 1. The van der Waals surface area contributed by atoms with Crippen molar-refractivity contribution in [3.63, 3.8) is 0 Å². The van der Waals surface area contributed by atoms with Gasteiger partial charge in [0.15, 0.2) is 0 Å². The molecule has 0 heterocycles. The molecule has 0 radical (unpaired) electrons. The van der Waals surface area contributed by atoms with E-state index < -0.39 is 0 Å². The molecule has 0 amide bonds. The van der Waals surface area contributed by atoms with Crippen molar-refractivity contribution in [2.24, 2.45) is 5.41 Å². The first-order valence-corrected chi connectivity index (χ1v) is 8.76. The highest BCUT2D eigenvalue weighted by molar-refractivity contribution is 6.34. The van der Waals surface area contributed by atoms with Crippen molar-refractivity contribution in [2.75, 3.05) is 6.54 Å². The number of hydrogen-bond donors (Lipinski definition) is 1. The van der Waals surface area contributed by atoms with E-state index in [0.717, 1.165) is 18.7 Å². The quantitative estimate of drug-likeness (QED) is 0.833. The number of hydrogen-bond acceptors (Lipinski definition) is 2. The molecule has 2 nitrogen and oxygen atoms in total. The lowest BCUT2D eigenvalue weighted by atomic mass is 9.55. The van der Waals surface area contributed by atoms with Gasteiger partial charge in [-0.25, -0.2) is 0 Å². The van der Waals surface area contributed by atoms with E-state index in [0.29, 0.717) is 21.5 Å². The molecule has 4 heteroatoms. The lowest BCUT2D eigenvalue weighted by Crippen LogP contribution is -2.65. The third-order valence-electron chi connectivity index (χ3n) is 5.18. The summed E-state index contributed by atoms with van der Waals surface area (Å²) < 4.78 is 6.28. The standard InChI is InChI=1S/C17H23Cl2NO/c1-2-20-15-11-16(17(15)8-4-3-5-9-17)21-14-10-12(18)6-7-13(14)19/h6-7,10,15-16,20H,2-5,8-9,11H2,1H3. The van der Waals surface area contributed by atoms with Gasteiger partial charge in [-0.15, -0.1) is 0 Å². The number of rotatable bonds is 4. The van der Waals surface area contributed by atoms with Gasteiger partial charge < -0.3 is 10.1 Å². The highest BCUT2D eigenvalue weighted by atomic mass is 35.5. The molecule has 2 atom stereocenters. The molecule has 21 heavy (non-hydrogen) atoms. The summed E-state index contributed by atoms with van der Waals surface area (Å²) >= 11 is 12.3. The molecule has 0 saturated heterocycles. The normalized spacial score (nSPS) is 27.4. The van der Waals surface area contributed by atoms with E-state index in [1.165, 1.54) is 32.1 Å². The van der Waals surface area contributed by atoms with E-state index in [1.807, 2.05) is 12.1 Å². The average Bonchev–Trinajstić information content (AvgIpc) is 2.50. The van der Waals surface area contributed by atoms with Crippen LogP contribution in [0, 0.1) is 5.41 Å². The van der Waals surface area contributed by atoms with E-state index in [2.05, 4.69) is 12.2 Å². The summed E-state index contributed by atoms with van der Waals surface area (Å²) in [6, 6.07) is 6.04. The van der Waals surface area contributed by atoms with Crippen molar-refractivity contribution < 1.29 is 4.74 Å².